The van der Waals surface area contributed by atoms with Crippen LogP contribution in [0.5, 0.6) is 0 Å². The molecule has 0 spiro atoms. The highest BCUT2D eigenvalue weighted by Crippen LogP contribution is 2.27. The van der Waals surface area contributed by atoms with Crippen LogP contribution >= 0.6 is 15.9 Å². The number of anilines is 1. The van der Waals surface area contributed by atoms with Gasteiger partial charge in [0, 0.05) is 22.7 Å². The summed E-state index contributed by atoms with van der Waals surface area (Å²) < 4.78 is 2.79. The topological polar surface area (TPSA) is 75.9 Å². The fraction of sp³-hybridized carbons (Fsp3) is 0.316. The largest absolute Gasteiger partial charge is 0.396 e. The summed E-state index contributed by atoms with van der Waals surface area (Å²) in [7, 11) is 0. The Morgan fingerprint density at radius 3 is 2.54 bits per heavy atom. The molecule has 0 radical (unpaired) electrons. The molecule has 3 aromatic rings. The smallest absolute Gasteiger partial charge is 0.174 e. The third kappa shape index (κ3) is 4.11. The minimum absolute atomic E-state index is 0.00955. The molecule has 0 aliphatic heterocycles. The quantitative estimate of drug-likeness (QED) is 0.639. The van der Waals surface area contributed by atoms with Crippen molar-refractivity contribution in [2.24, 2.45) is 5.92 Å². The Labute approximate surface area is 161 Å². The SMILES string of the molecule is Cc1cc(C)n(-c2cncc(NC(c3ccc(Br)cc3)C(C)CO)n2)n1. The molecule has 0 fully saturated rings. The molecule has 26 heavy (non-hydrogen) atoms. The molecule has 136 valence electrons. The molecule has 7 heteroatoms. The summed E-state index contributed by atoms with van der Waals surface area (Å²) in [6.07, 6.45) is 3.37. The Hall–Kier alpha value is -2.25. The van der Waals surface area contributed by atoms with Gasteiger partial charge in [0.1, 0.15) is 5.82 Å². The summed E-state index contributed by atoms with van der Waals surface area (Å²) in [5.41, 5.74) is 3.01. The summed E-state index contributed by atoms with van der Waals surface area (Å²) in [6.45, 7) is 6.00. The predicted molar refractivity (Wildman–Crippen MR) is 105 cm³/mol. The monoisotopic (exact) mass is 415 g/mol. The second-order valence-corrected chi connectivity index (χ2v) is 7.35. The molecule has 2 unspecified atom stereocenters. The van der Waals surface area contributed by atoms with Crippen LogP contribution in [0.1, 0.15) is 29.9 Å². The number of aromatic nitrogens is 4. The van der Waals surface area contributed by atoms with E-state index >= 15 is 0 Å². The molecule has 0 bridgehead atoms. The van der Waals surface area contributed by atoms with Gasteiger partial charge in [-0.3, -0.25) is 4.98 Å². The molecule has 2 heterocycles. The van der Waals surface area contributed by atoms with Crippen molar-refractivity contribution >= 4 is 21.7 Å². The van der Waals surface area contributed by atoms with Gasteiger partial charge in [0.15, 0.2) is 5.82 Å². The van der Waals surface area contributed by atoms with Gasteiger partial charge in [0.05, 0.1) is 24.1 Å². The Balaban J connectivity index is 1.91. The number of nitrogens with one attached hydrogen (secondary N) is 1. The zero-order valence-electron chi connectivity index (χ0n) is 15.0. The molecule has 0 saturated carbocycles. The first-order valence-corrected chi connectivity index (χ1v) is 9.25. The summed E-state index contributed by atoms with van der Waals surface area (Å²) in [5.74, 6) is 1.31. The van der Waals surface area contributed by atoms with Crippen LogP contribution in [-0.4, -0.2) is 31.5 Å². The van der Waals surface area contributed by atoms with E-state index in [1.165, 1.54) is 0 Å². The van der Waals surface area contributed by atoms with Crippen molar-refractivity contribution in [1.29, 1.82) is 0 Å². The van der Waals surface area contributed by atoms with Crippen LogP contribution in [0.3, 0.4) is 0 Å². The van der Waals surface area contributed by atoms with Crippen LogP contribution in [0.4, 0.5) is 5.82 Å². The number of benzene rings is 1. The van der Waals surface area contributed by atoms with Crippen molar-refractivity contribution in [2.75, 3.05) is 11.9 Å². The lowest BCUT2D eigenvalue weighted by atomic mass is 9.95. The molecule has 0 aliphatic rings. The lowest BCUT2D eigenvalue weighted by molar-refractivity contribution is 0.222. The van der Waals surface area contributed by atoms with Gasteiger partial charge in [-0.2, -0.15) is 5.10 Å². The van der Waals surface area contributed by atoms with E-state index in [2.05, 4.69) is 36.3 Å². The minimum atomic E-state index is -0.0851. The first-order valence-electron chi connectivity index (χ1n) is 8.46. The molecule has 2 atom stereocenters. The average molecular weight is 416 g/mol. The van der Waals surface area contributed by atoms with Crippen LogP contribution in [0.25, 0.3) is 5.82 Å². The summed E-state index contributed by atoms with van der Waals surface area (Å²) in [5, 5.41) is 17.5. The Kier molecular flexibility index (Phi) is 5.68. The zero-order chi connectivity index (χ0) is 18.7. The van der Waals surface area contributed by atoms with Gasteiger partial charge in [-0.05, 0) is 37.6 Å². The molecule has 2 aromatic heterocycles. The van der Waals surface area contributed by atoms with Crippen molar-refractivity contribution in [3.63, 3.8) is 0 Å². The van der Waals surface area contributed by atoms with Gasteiger partial charge in [0.25, 0.3) is 0 Å². The Morgan fingerprint density at radius 1 is 1.19 bits per heavy atom. The summed E-state index contributed by atoms with van der Waals surface area (Å²) in [6, 6.07) is 9.97. The van der Waals surface area contributed by atoms with Gasteiger partial charge in [-0.15, -0.1) is 0 Å². The lowest BCUT2D eigenvalue weighted by Crippen LogP contribution is -2.22. The molecule has 2 N–H and O–H groups in total. The number of aryl methyl sites for hydroxylation is 2. The average Bonchev–Trinajstić information content (AvgIpc) is 2.98. The standard InChI is InChI=1S/C19H22BrN5O/c1-12(11-26)19(15-4-6-16(20)7-5-15)23-17-9-21-10-18(22-17)25-14(3)8-13(2)24-25/h4-10,12,19,26H,11H2,1-3H3,(H,22,23). The predicted octanol–water partition coefficient (Wildman–Crippen LogP) is 3.82. The highest BCUT2D eigenvalue weighted by atomic mass is 79.9. The number of hydrogen-bond donors (Lipinski definition) is 2. The van der Waals surface area contributed by atoms with Gasteiger partial charge in [-0.1, -0.05) is 35.0 Å². The second kappa shape index (κ2) is 7.97. The number of halogens is 1. The number of rotatable bonds is 6. The highest BCUT2D eigenvalue weighted by molar-refractivity contribution is 9.10. The third-order valence-electron chi connectivity index (χ3n) is 4.24. The molecule has 6 nitrogen and oxygen atoms in total. The maximum Gasteiger partial charge on any atom is 0.174 e. The molecule has 3 rings (SSSR count). The zero-order valence-corrected chi connectivity index (χ0v) is 16.6. The maximum absolute atomic E-state index is 9.67. The van der Waals surface area contributed by atoms with Crippen molar-refractivity contribution in [2.45, 2.75) is 26.8 Å². The van der Waals surface area contributed by atoms with Crippen LogP contribution in [0, 0.1) is 19.8 Å². The van der Waals surface area contributed by atoms with Crippen LogP contribution in [-0.2, 0) is 0 Å². The maximum atomic E-state index is 9.67. The molecule has 0 saturated heterocycles. The Bertz CT molecular complexity index is 878. The van der Waals surface area contributed by atoms with Crippen molar-refractivity contribution < 1.29 is 5.11 Å². The van der Waals surface area contributed by atoms with E-state index in [9.17, 15) is 5.11 Å². The fourth-order valence-corrected chi connectivity index (χ4v) is 3.14. The van der Waals surface area contributed by atoms with E-state index in [0.29, 0.717) is 11.6 Å². The molecule has 0 amide bonds. The van der Waals surface area contributed by atoms with E-state index in [4.69, 9.17) is 0 Å². The number of nitrogens with zero attached hydrogens (tertiary/aromatic N) is 4. The van der Waals surface area contributed by atoms with Crippen LogP contribution < -0.4 is 5.32 Å². The van der Waals surface area contributed by atoms with Gasteiger partial charge >= 0.3 is 0 Å². The van der Waals surface area contributed by atoms with Crippen LogP contribution in [0.15, 0.2) is 47.2 Å². The lowest BCUT2D eigenvalue weighted by Gasteiger charge is -2.25. The van der Waals surface area contributed by atoms with Gasteiger partial charge < -0.3 is 10.4 Å². The first-order chi connectivity index (χ1) is 12.5. The van der Waals surface area contributed by atoms with Gasteiger partial charge in [0.2, 0.25) is 0 Å². The minimum Gasteiger partial charge on any atom is -0.396 e. The third-order valence-corrected chi connectivity index (χ3v) is 4.77. The van der Waals surface area contributed by atoms with Crippen molar-refractivity contribution in [3.05, 3.63) is 64.1 Å². The van der Waals surface area contributed by atoms with Gasteiger partial charge in [-0.25, -0.2) is 9.67 Å². The Morgan fingerprint density at radius 2 is 1.92 bits per heavy atom. The van der Waals surface area contributed by atoms with E-state index in [0.717, 1.165) is 21.4 Å². The van der Waals surface area contributed by atoms with E-state index in [1.54, 1.807) is 17.1 Å². The van der Waals surface area contributed by atoms with Crippen LogP contribution in [0.2, 0.25) is 0 Å². The van der Waals surface area contributed by atoms with Crippen molar-refractivity contribution in [1.82, 2.24) is 19.7 Å². The summed E-state index contributed by atoms with van der Waals surface area (Å²) in [4.78, 5) is 8.95. The fourth-order valence-electron chi connectivity index (χ4n) is 2.88. The first kappa shape index (κ1) is 18.5. The number of aliphatic hydroxyl groups is 1. The summed E-state index contributed by atoms with van der Waals surface area (Å²) >= 11 is 3.46. The normalized spacial score (nSPS) is 13.4. The highest BCUT2D eigenvalue weighted by Gasteiger charge is 2.20. The van der Waals surface area contributed by atoms with E-state index < -0.39 is 0 Å². The molecular formula is C19H22BrN5O. The molecule has 0 aliphatic carbocycles. The second-order valence-electron chi connectivity index (χ2n) is 6.43. The molecular weight excluding hydrogens is 394 g/mol. The number of aliphatic hydroxyl groups excluding tert-OH is 1. The molecule has 1 aromatic carbocycles. The number of hydrogen-bond acceptors (Lipinski definition) is 5. The van der Waals surface area contributed by atoms with E-state index in [-0.39, 0.29) is 18.6 Å². The van der Waals surface area contributed by atoms with Crippen molar-refractivity contribution in [3.8, 4) is 5.82 Å². The van der Waals surface area contributed by atoms with E-state index in [1.807, 2.05) is 51.1 Å².